The highest BCUT2D eigenvalue weighted by molar-refractivity contribution is 5.75. The standard InChI is InChI=1S/C19H28N4O3/c1-20-13-22-19(24)6-4-8-26-18-10-16-14(9-17(18)25-2)12-23-7-3-5-15(23)11-21-16/h9-11,15,20H,3-8,12-13H2,1-2H3,(H,22,24)/t15-/m0/s1. The number of ether oxygens (including phenoxy) is 2. The Hall–Kier alpha value is -2.12. The number of amides is 1. The zero-order valence-corrected chi connectivity index (χ0v) is 15.6. The van der Waals surface area contributed by atoms with Gasteiger partial charge in [0.05, 0.1) is 26.1 Å². The van der Waals surface area contributed by atoms with Crippen LogP contribution < -0.4 is 20.1 Å². The van der Waals surface area contributed by atoms with Crippen LogP contribution >= 0.6 is 0 Å². The first-order chi connectivity index (χ1) is 12.7. The molecule has 1 aromatic rings. The number of carbonyl (C=O) groups excluding carboxylic acids is 1. The van der Waals surface area contributed by atoms with Gasteiger partial charge >= 0.3 is 0 Å². The quantitative estimate of drug-likeness (QED) is 0.546. The van der Waals surface area contributed by atoms with Gasteiger partial charge in [-0.15, -0.1) is 0 Å². The summed E-state index contributed by atoms with van der Waals surface area (Å²) in [6.45, 7) is 2.95. The number of rotatable bonds is 8. The zero-order valence-electron chi connectivity index (χ0n) is 15.6. The van der Waals surface area contributed by atoms with Gasteiger partial charge in [0.1, 0.15) is 0 Å². The fraction of sp³-hybridized carbons (Fsp3) is 0.579. The third-order valence-electron chi connectivity index (χ3n) is 4.81. The number of hydrogen-bond donors (Lipinski definition) is 2. The summed E-state index contributed by atoms with van der Waals surface area (Å²) in [6.07, 6.45) is 5.54. The lowest BCUT2D eigenvalue weighted by Gasteiger charge is -2.20. The first-order valence-corrected chi connectivity index (χ1v) is 9.24. The maximum absolute atomic E-state index is 11.6. The topological polar surface area (TPSA) is 75.2 Å². The van der Waals surface area contributed by atoms with E-state index < -0.39 is 0 Å². The van der Waals surface area contributed by atoms with Crippen molar-refractivity contribution in [3.63, 3.8) is 0 Å². The Kier molecular flexibility index (Phi) is 6.46. The highest BCUT2D eigenvalue weighted by Crippen LogP contribution is 2.38. The molecule has 0 aliphatic carbocycles. The van der Waals surface area contributed by atoms with Gasteiger partial charge in [-0.05, 0) is 44.5 Å². The molecular weight excluding hydrogens is 332 g/mol. The monoisotopic (exact) mass is 360 g/mol. The van der Waals surface area contributed by atoms with Gasteiger partial charge in [0, 0.05) is 31.3 Å². The summed E-state index contributed by atoms with van der Waals surface area (Å²) in [4.78, 5) is 18.7. The summed E-state index contributed by atoms with van der Waals surface area (Å²) in [5.74, 6) is 1.42. The number of benzene rings is 1. The van der Waals surface area contributed by atoms with Crippen molar-refractivity contribution in [3.05, 3.63) is 17.7 Å². The molecule has 142 valence electrons. The molecule has 1 fully saturated rings. The molecule has 2 aliphatic heterocycles. The van der Waals surface area contributed by atoms with E-state index in [1.165, 1.54) is 18.4 Å². The summed E-state index contributed by atoms with van der Waals surface area (Å²) in [5, 5.41) is 5.65. The molecule has 2 aliphatic rings. The highest BCUT2D eigenvalue weighted by atomic mass is 16.5. The van der Waals surface area contributed by atoms with Gasteiger partial charge in [0.15, 0.2) is 11.5 Å². The van der Waals surface area contributed by atoms with E-state index in [0.717, 1.165) is 24.5 Å². The fourth-order valence-corrected chi connectivity index (χ4v) is 3.40. The average molecular weight is 360 g/mol. The molecule has 1 aromatic carbocycles. The van der Waals surface area contributed by atoms with Crippen LogP contribution in [0.1, 0.15) is 31.2 Å². The minimum absolute atomic E-state index is 0.0158. The van der Waals surface area contributed by atoms with E-state index in [-0.39, 0.29) is 5.91 Å². The third-order valence-corrected chi connectivity index (χ3v) is 4.81. The number of aliphatic imine (C=N–C) groups is 1. The van der Waals surface area contributed by atoms with E-state index in [2.05, 4.69) is 26.7 Å². The van der Waals surface area contributed by atoms with Crippen LogP contribution in [-0.4, -0.2) is 57.0 Å². The van der Waals surface area contributed by atoms with Gasteiger partial charge in [0.25, 0.3) is 0 Å². The van der Waals surface area contributed by atoms with Crippen molar-refractivity contribution in [1.29, 1.82) is 0 Å². The minimum Gasteiger partial charge on any atom is -0.493 e. The predicted octanol–water partition coefficient (Wildman–Crippen LogP) is 1.83. The molecular formula is C19H28N4O3. The van der Waals surface area contributed by atoms with Crippen LogP contribution in [0.25, 0.3) is 0 Å². The van der Waals surface area contributed by atoms with Gasteiger partial charge in [0.2, 0.25) is 5.91 Å². The largest absolute Gasteiger partial charge is 0.493 e. The Morgan fingerprint density at radius 2 is 2.27 bits per heavy atom. The number of hydrogen-bond acceptors (Lipinski definition) is 6. The van der Waals surface area contributed by atoms with Crippen LogP contribution in [0.4, 0.5) is 5.69 Å². The van der Waals surface area contributed by atoms with Crippen LogP contribution in [0, 0.1) is 0 Å². The fourth-order valence-electron chi connectivity index (χ4n) is 3.40. The van der Waals surface area contributed by atoms with Gasteiger partial charge in [-0.1, -0.05) is 0 Å². The average Bonchev–Trinajstić information content (AvgIpc) is 3.02. The Bertz CT molecular complexity index is 662. The van der Waals surface area contributed by atoms with Crippen molar-refractivity contribution in [2.75, 3.05) is 34.0 Å². The molecule has 7 heteroatoms. The summed E-state index contributed by atoms with van der Waals surface area (Å²) in [6, 6.07) is 4.42. The SMILES string of the molecule is CNCNC(=O)CCCOc1cc2c(cc1OC)CN1CCC[C@H]1C=N2. The van der Waals surface area contributed by atoms with Crippen molar-refractivity contribution < 1.29 is 14.3 Å². The lowest BCUT2D eigenvalue weighted by molar-refractivity contribution is -0.121. The van der Waals surface area contributed by atoms with E-state index in [0.29, 0.717) is 37.9 Å². The number of fused-ring (bicyclic) bond motifs is 2. The molecule has 0 aromatic heterocycles. The first kappa shape index (κ1) is 18.7. The molecule has 1 amide bonds. The van der Waals surface area contributed by atoms with Crippen molar-refractivity contribution in [2.45, 2.75) is 38.3 Å². The highest BCUT2D eigenvalue weighted by Gasteiger charge is 2.26. The lowest BCUT2D eigenvalue weighted by Crippen LogP contribution is -2.31. The zero-order chi connectivity index (χ0) is 18.4. The number of nitrogens with zero attached hydrogens (tertiary/aromatic N) is 2. The molecule has 0 bridgehead atoms. The van der Waals surface area contributed by atoms with Gasteiger partial charge in [-0.3, -0.25) is 14.7 Å². The molecule has 2 N–H and O–H groups in total. The first-order valence-electron chi connectivity index (χ1n) is 9.24. The Morgan fingerprint density at radius 1 is 1.38 bits per heavy atom. The van der Waals surface area contributed by atoms with E-state index in [4.69, 9.17) is 9.47 Å². The summed E-state index contributed by atoms with van der Waals surface area (Å²) < 4.78 is 11.4. The van der Waals surface area contributed by atoms with Crippen molar-refractivity contribution >= 4 is 17.8 Å². The Labute approximate surface area is 154 Å². The third kappa shape index (κ3) is 4.53. The van der Waals surface area contributed by atoms with Crippen LogP contribution in [0.3, 0.4) is 0 Å². The lowest BCUT2D eigenvalue weighted by atomic mass is 10.1. The molecule has 26 heavy (non-hydrogen) atoms. The number of nitrogens with one attached hydrogen (secondary N) is 2. The van der Waals surface area contributed by atoms with Crippen molar-refractivity contribution in [3.8, 4) is 11.5 Å². The summed E-state index contributed by atoms with van der Waals surface area (Å²) in [5.41, 5.74) is 2.11. The number of carbonyl (C=O) groups is 1. The van der Waals surface area contributed by atoms with E-state index >= 15 is 0 Å². The molecule has 0 radical (unpaired) electrons. The van der Waals surface area contributed by atoms with Crippen LogP contribution in [0.2, 0.25) is 0 Å². The second kappa shape index (κ2) is 9.00. The molecule has 1 atom stereocenters. The molecule has 0 unspecified atom stereocenters. The summed E-state index contributed by atoms with van der Waals surface area (Å²) in [7, 11) is 3.44. The molecule has 2 heterocycles. The van der Waals surface area contributed by atoms with E-state index in [9.17, 15) is 4.79 Å². The van der Waals surface area contributed by atoms with Crippen LogP contribution in [0.5, 0.6) is 11.5 Å². The molecule has 0 saturated carbocycles. The van der Waals surface area contributed by atoms with Gasteiger partial charge < -0.3 is 20.1 Å². The molecule has 7 nitrogen and oxygen atoms in total. The van der Waals surface area contributed by atoms with E-state index in [1.54, 1.807) is 14.2 Å². The molecule has 0 spiro atoms. The predicted molar refractivity (Wildman–Crippen MR) is 101 cm³/mol. The number of methoxy groups -OCH3 is 1. The van der Waals surface area contributed by atoms with Crippen LogP contribution in [0.15, 0.2) is 17.1 Å². The Morgan fingerprint density at radius 3 is 3.08 bits per heavy atom. The van der Waals surface area contributed by atoms with Crippen LogP contribution in [-0.2, 0) is 11.3 Å². The van der Waals surface area contributed by atoms with Crippen molar-refractivity contribution in [2.24, 2.45) is 4.99 Å². The second-order valence-corrected chi connectivity index (χ2v) is 6.67. The van der Waals surface area contributed by atoms with E-state index in [1.807, 2.05) is 12.1 Å². The maximum Gasteiger partial charge on any atom is 0.221 e. The molecule has 3 rings (SSSR count). The normalized spacial score (nSPS) is 18.8. The molecule has 1 saturated heterocycles. The smallest absolute Gasteiger partial charge is 0.221 e. The Balaban J connectivity index is 1.61. The van der Waals surface area contributed by atoms with Gasteiger partial charge in [-0.25, -0.2) is 0 Å². The maximum atomic E-state index is 11.6. The summed E-state index contributed by atoms with van der Waals surface area (Å²) >= 11 is 0. The van der Waals surface area contributed by atoms with Gasteiger partial charge in [-0.2, -0.15) is 0 Å². The minimum atomic E-state index is 0.0158. The van der Waals surface area contributed by atoms with Crippen molar-refractivity contribution in [1.82, 2.24) is 15.5 Å². The second-order valence-electron chi connectivity index (χ2n) is 6.67.